The molecule has 0 aromatic carbocycles. The molecule has 230 valence electrons. The fourth-order valence-electron chi connectivity index (χ4n) is 5.04. The van der Waals surface area contributed by atoms with Gasteiger partial charge < -0.3 is 32.9 Å². The van der Waals surface area contributed by atoms with Crippen molar-refractivity contribution in [2.45, 2.75) is 118 Å². The van der Waals surface area contributed by atoms with Gasteiger partial charge in [-0.2, -0.15) is 0 Å². The van der Waals surface area contributed by atoms with Crippen molar-refractivity contribution >= 4 is 76.6 Å². The summed E-state index contributed by atoms with van der Waals surface area (Å²) in [5, 5.41) is 0. The maximum atomic E-state index is 6.69. The molecule has 0 aromatic heterocycles. The van der Waals surface area contributed by atoms with Crippen molar-refractivity contribution in [3.8, 4) is 0 Å². The van der Waals surface area contributed by atoms with Crippen LogP contribution in [-0.4, -0.2) is 76.6 Å². The molecule has 0 unspecified atom stereocenters. The van der Waals surface area contributed by atoms with Crippen molar-refractivity contribution in [2.24, 2.45) is 0 Å². The third-order valence-corrected chi connectivity index (χ3v) is 38.4. The van der Waals surface area contributed by atoms with Gasteiger partial charge in [0.1, 0.15) is 0 Å². The van der Waals surface area contributed by atoms with Crippen LogP contribution in [0.1, 0.15) is 0 Å². The third kappa shape index (κ3) is 17.7. The molecule has 0 fully saturated rings. The first-order valence-corrected chi connectivity index (χ1v) is 39.3. The molecule has 0 aliphatic heterocycles. The predicted octanol–water partition coefficient (Wildman–Crippen LogP) is 7.70. The number of hydrogen-bond acceptors (Lipinski definition) is 8. The Morgan fingerprint density at radius 1 is 0.359 bits per heavy atom. The molecule has 39 heavy (non-hydrogen) atoms. The van der Waals surface area contributed by atoms with Crippen LogP contribution in [0.3, 0.4) is 0 Å². The quantitative estimate of drug-likeness (QED) is 0.106. The van der Waals surface area contributed by atoms with Gasteiger partial charge in [-0.25, -0.2) is 0 Å². The topological polar surface area (TPSA) is 73.8 Å². The lowest BCUT2D eigenvalue weighted by Crippen LogP contribution is -2.62. The van der Waals surface area contributed by atoms with Crippen LogP contribution in [-0.2, 0) is 32.9 Å². The normalized spacial score (nSPS) is 15.4. The van der Waals surface area contributed by atoms with E-state index in [0.717, 1.165) is 0 Å². The van der Waals surface area contributed by atoms with Crippen LogP contribution in [0.4, 0.5) is 0 Å². The van der Waals surface area contributed by atoms with Gasteiger partial charge in [0.2, 0.25) is 0 Å². The summed E-state index contributed by atoms with van der Waals surface area (Å²) in [6.07, 6.45) is 0. The Labute approximate surface area is 250 Å². The lowest BCUT2D eigenvalue weighted by Gasteiger charge is -2.44. The average Bonchev–Trinajstić information content (AvgIpc) is 2.52. The Hall–Kier alpha value is 1.02. The van der Waals surface area contributed by atoms with Gasteiger partial charge in [0.25, 0.3) is 8.32 Å². The molecule has 0 atom stereocenters. The molecule has 0 aliphatic carbocycles. The summed E-state index contributed by atoms with van der Waals surface area (Å²) < 4.78 is 52.6. The van der Waals surface area contributed by atoms with Crippen LogP contribution in [0.5, 0.6) is 0 Å². The van der Waals surface area contributed by atoms with Crippen molar-refractivity contribution in [1.82, 2.24) is 0 Å². The van der Waals surface area contributed by atoms with Crippen molar-refractivity contribution in [2.75, 3.05) is 0 Å². The summed E-state index contributed by atoms with van der Waals surface area (Å²) in [6.45, 7) is 47.0. The summed E-state index contributed by atoms with van der Waals surface area (Å²) in [5.41, 5.74) is 3.63. The third-order valence-electron chi connectivity index (χ3n) is 4.86. The van der Waals surface area contributed by atoms with E-state index < -0.39 is 76.6 Å². The molecule has 8 nitrogen and oxygen atoms in total. The highest BCUT2D eigenvalue weighted by molar-refractivity contribution is 6.93. The van der Waals surface area contributed by atoms with Crippen molar-refractivity contribution in [3.63, 3.8) is 0 Å². The zero-order chi connectivity index (χ0) is 31.6. The van der Waals surface area contributed by atoms with Gasteiger partial charge in [-0.05, 0) is 118 Å². The Balaban J connectivity index is 5.42. The van der Waals surface area contributed by atoms with E-state index in [4.69, 9.17) is 39.5 Å². The first-order valence-electron chi connectivity index (χ1n) is 13.6. The highest BCUT2D eigenvalue weighted by Crippen LogP contribution is 2.30. The molecule has 17 heteroatoms. The summed E-state index contributed by atoms with van der Waals surface area (Å²) >= 11 is 0. The van der Waals surface area contributed by atoms with Gasteiger partial charge in [0, 0.05) is 0 Å². The van der Waals surface area contributed by atoms with Crippen molar-refractivity contribution in [1.29, 1.82) is 0 Å². The molecule has 0 radical (unpaired) electrons. The van der Waals surface area contributed by atoms with E-state index in [1.54, 1.807) is 5.70 Å². The van der Waals surface area contributed by atoms with Crippen molar-refractivity contribution in [3.05, 3.63) is 24.6 Å². The fraction of sp³-hybridized carbons (Fsp3) is 0.818. The van der Waals surface area contributed by atoms with E-state index in [9.17, 15) is 0 Å². The van der Waals surface area contributed by atoms with Gasteiger partial charge >= 0.3 is 59.9 Å². The second-order valence-corrected chi connectivity index (χ2v) is 47.5. The zero-order valence-corrected chi connectivity index (χ0v) is 37.2. The number of rotatable bonds is 18. The largest absolute Gasteiger partial charge is 0.433 e. The molecule has 0 N–H and O–H groups in total. The van der Waals surface area contributed by atoms with Crippen LogP contribution in [0, 0.1) is 6.58 Å². The van der Waals surface area contributed by atoms with Gasteiger partial charge in [-0.15, -0.1) is 6.58 Å². The minimum atomic E-state index is -2.63. The van der Waals surface area contributed by atoms with E-state index >= 15 is 0 Å². The Kier molecular flexibility index (Phi) is 13.7. The van der Waals surface area contributed by atoms with E-state index in [2.05, 4.69) is 124 Å². The second kappa shape index (κ2) is 13.3. The molecule has 0 saturated carbocycles. The lowest BCUT2D eigenvalue weighted by molar-refractivity contribution is 0.261. The van der Waals surface area contributed by atoms with Crippen molar-refractivity contribution < 1.29 is 32.9 Å². The molecule has 0 amide bonds. The van der Waals surface area contributed by atoms with E-state index in [1.807, 2.05) is 5.70 Å². The first-order chi connectivity index (χ1) is 16.8. The Bertz CT molecular complexity index is 777. The molecule has 0 aliphatic rings. The van der Waals surface area contributed by atoms with Gasteiger partial charge in [-0.3, -0.25) is 0 Å². The van der Waals surface area contributed by atoms with E-state index in [1.165, 1.54) is 0 Å². The van der Waals surface area contributed by atoms with E-state index in [-0.39, 0.29) is 0 Å². The van der Waals surface area contributed by atoms with Gasteiger partial charge in [0.15, 0.2) is 20.6 Å². The Morgan fingerprint density at radius 3 is 0.718 bits per heavy atom. The molecule has 0 heterocycles. The fourth-order valence-corrected chi connectivity index (χ4v) is 48.0. The second-order valence-electron chi connectivity index (χ2n) is 14.2. The van der Waals surface area contributed by atoms with Crippen LogP contribution >= 0.6 is 0 Å². The molecule has 0 aromatic rings. The van der Waals surface area contributed by atoms with Gasteiger partial charge in [0.05, 0.1) is 0 Å². The van der Waals surface area contributed by atoms with Gasteiger partial charge in [-0.1, -0.05) is 5.70 Å². The highest BCUT2D eigenvalue weighted by atomic mass is 28.5. The highest BCUT2D eigenvalue weighted by Gasteiger charge is 2.49. The van der Waals surface area contributed by atoms with Crippen LogP contribution < -0.4 is 0 Å². The predicted molar refractivity (Wildman–Crippen MR) is 185 cm³/mol. The van der Waals surface area contributed by atoms with Crippen LogP contribution in [0.25, 0.3) is 0 Å². The smallest absolute Gasteiger partial charge is 0.314 e. The molecular weight excluding hydrogens is 645 g/mol. The van der Waals surface area contributed by atoms with E-state index in [0.29, 0.717) is 0 Å². The minimum absolute atomic E-state index is 1.69. The zero-order valence-electron chi connectivity index (χ0n) is 28.2. The Morgan fingerprint density at radius 2 is 0.538 bits per heavy atom. The monoisotopic (exact) mass is 703 g/mol. The molecule has 0 rings (SSSR count). The number of hydrogen-bond donors (Lipinski definition) is 0. The van der Waals surface area contributed by atoms with Crippen LogP contribution in [0.15, 0.2) is 18.0 Å². The standard InChI is InChI=1S/C22H59O8Si9/c1-21-31(3,4)23-33(7,8)25-35(11,12)27-37(15,16)29-39(19,20)30-38(17,18)28-36(13,14)26-34(9,10)24-32(5,6)22-2/h1,21-22H,2H2,3-20H3/q+1. The molecule has 0 saturated heterocycles. The summed E-state index contributed by atoms with van der Waals surface area (Å²) in [4.78, 5) is 0. The summed E-state index contributed by atoms with van der Waals surface area (Å²) in [5.74, 6) is 0. The molecule has 0 bridgehead atoms. The summed E-state index contributed by atoms with van der Waals surface area (Å²) in [6, 6.07) is 0. The lowest BCUT2D eigenvalue weighted by atomic mass is 11.3. The summed E-state index contributed by atoms with van der Waals surface area (Å²) in [7, 11) is -21.9. The molecule has 0 spiro atoms. The molecular formula is C22H59O8Si9+. The SMILES string of the molecule is [CH+]=C[Si](C)(C)O[Si](C)(C)O[Si](C)(C)O[Si](C)(C)O[Si](C)(C)O[Si](C)(C)O[Si](C)(C)O[Si](C)(C)O[Si](C)(C)C=C. The first kappa shape index (κ1) is 40.0. The average molecular weight is 704 g/mol. The minimum Gasteiger partial charge on any atom is -0.433 e. The maximum absolute atomic E-state index is 6.69. The maximum Gasteiger partial charge on any atom is 0.314 e. The van der Waals surface area contributed by atoms with Crippen LogP contribution in [0.2, 0.25) is 118 Å².